The molecule has 5 rings (SSSR count). The lowest BCUT2D eigenvalue weighted by Gasteiger charge is -2.31. The molecule has 1 saturated heterocycles. The van der Waals surface area contributed by atoms with Crippen molar-refractivity contribution in [2.24, 2.45) is 5.41 Å². The summed E-state index contributed by atoms with van der Waals surface area (Å²) in [5, 5.41) is 0. The lowest BCUT2D eigenvalue weighted by Crippen LogP contribution is -2.48. The van der Waals surface area contributed by atoms with Crippen molar-refractivity contribution in [1.29, 1.82) is 0 Å². The van der Waals surface area contributed by atoms with Crippen molar-refractivity contribution in [3.8, 4) is 0 Å². The van der Waals surface area contributed by atoms with E-state index in [1.165, 1.54) is 23.5 Å². The van der Waals surface area contributed by atoms with Gasteiger partial charge in [0.05, 0.1) is 17.7 Å². The maximum atomic E-state index is 13.8. The molecule has 8 heteroatoms. The molecule has 2 aromatic carbocycles. The molecule has 150 valence electrons. The maximum absolute atomic E-state index is 13.8. The van der Waals surface area contributed by atoms with E-state index in [-0.39, 0.29) is 17.3 Å². The normalized spacial score (nSPS) is 29.3. The number of piperidine rings is 1. The van der Waals surface area contributed by atoms with Gasteiger partial charge in [-0.3, -0.25) is 13.9 Å². The van der Waals surface area contributed by atoms with E-state index in [0.717, 1.165) is 0 Å². The van der Waals surface area contributed by atoms with Crippen LogP contribution in [0, 0.1) is 5.41 Å². The molecule has 1 spiro atoms. The second-order valence-corrected chi connectivity index (χ2v) is 9.40. The van der Waals surface area contributed by atoms with E-state index in [0.29, 0.717) is 17.8 Å². The molecule has 29 heavy (non-hydrogen) atoms. The number of esters is 1. The quantitative estimate of drug-likeness (QED) is 0.564. The first-order valence-electron chi connectivity index (χ1n) is 9.46. The van der Waals surface area contributed by atoms with E-state index in [1.807, 2.05) is 6.92 Å². The van der Waals surface area contributed by atoms with Crippen molar-refractivity contribution >= 4 is 27.6 Å². The highest BCUT2D eigenvalue weighted by molar-refractivity contribution is 7.93. The topological polar surface area (TPSA) is 84.0 Å². The first-order valence-corrected chi connectivity index (χ1v) is 10.9. The van der Waals surface area contributed by atoms with E-state index >= 15 is 0 Å². The van der Waals surface area contributed by atoms with Crippen molar-refractivity contribution in [2.75, 3.05) is 24.5 Å². The zero-order valence-electron chi connectivity index (χ0n) is 16.0. The number of carbonyl (C=O) groups excluding carboxylic acids is 2. The largest absolute Gasteiger partial charge is 0.468 e. The number of hydrogen-bond acceptors (Lipinski definition) is 5. The molecule has 3 unspecified atom stereocenters. The maximum Gasteiger partial charge on any atom is 0.324 e. The predicted molar refractivity (Wildman–Crippen MR) is 105 cm³/mol. The SMILES string of the molecule is CCN1CC23C(c4ccccc4N2S(=O)(=O)c2ccccc2)C3(C(=O)OC)C1=O. The first-order chi connectivity index (χ1) is 13.9. The van der Waals surface area contributed by atoms with Crippen molar-refractivity contribution < 1.29 is 22.7 Å². The number of para-hydroxylation sites is 1. The average Bonchev–Trinajstić information content (AvgIpc) is 3.07. The monoisotopic (exact) mass is 412 g/mol. The fourth-order valence-electron chi connectivity index (χ4n) is 5.46. The number of ether oxygens (including phenoxy) is 1. The van der Waals surface area contributed by atoms with Gasteiger partial charge in [0.2, 0.25) is 5.91 Å². The Labute approximate surface area is 168 Å². The Morgan fingerprint density at radius 2 is 1.79 bits per heavy atom. The standard InChI is InChI=1S/C21H20N2O5S/c1-3-22-13-20-17(21(20,18(22)24)19(25)28-2)15-11-7-8-12-16(15)23(20)29(26,27)14-9-5-4-6-10-14/h4-12,17H,3,13H2,1-2H3. The summed E-state index contributed by atoms with van der Waals surface area (Å²) >= 11 is 0. The van der Waals surface area contributed by atoms with Gasteiger partial charge >= 0.3 is 5.97 Å². The van der Waals surface area contributed by atoms with Gasteiger partial charge < -0.3 is 9.64 Å². The summed E-state index contributed by atoms with van der Waals surface area (Å²) in [6.07, 6.45) is 0. The molecule has 0 bridgehead atoms. The summed E-state index contributed by atoms with van der Waals surface area (Å²) in [5.74, 6) is -1.58. The number of hydrogen-bond donors (Lipinski definition) is 0. The van der Waals surface area contributed by atoms with Gasteiger partial charge in [-0.15, -0.1) is 0 Å². The van der Waals surface area contributed by atoms with Gasteiger partial charge in [0, 0.05) is 19.0 Å². The van der Waals surface area contributed by atoms with Crippen LogP contribution >= 0.6 is 0 Å². The summed E-state index contributed by atoms with van der Waals surface area (Å²) in [7, 11) is -2.77. The van der Waals surface area contributed by atoms with Crippen molar-refractivity contribution in [3.05, 3.63) is 60.2 Å². The number of methoxy groups -OCH3 is 1. The van der Waals surface area contributed by atoms with E-state index in [2.05, 4.69) is 0 Å². The second-order valence-electron chi connectivity index (χ2n) is 7.62. The second kappa shape index (κ2) is 5.60. The Hall–Kier alpha value is -2.87. The number of carbonyl (C=O) groups is 2. The third-order valence-electron chi connectivity index (χ3n) is 6.57. The molecule has 1 aliphatic carbocycles. The molecular formula is C21H20N2O5S. The number of sulfonamides is 1. The van der Waals surface area contributed by atoms with Crippen LogP contribution in [-0.4, -0.2) is 50.9 Å². The summed E-state index contributed by atoms with van der Waals surface area (Å²) in [4.78, 5) is 28.0. The van der Waals surface area contributed by atoms with Crippen molar-refractivity contribution in [3.63, 3.8) is 0 Å². The fourth-order valence-corrected chi connectivity index (χ4v) is 7.33. The van der Waals surface area contributed by atoms with Crippen LogP contribution < -0.4 is 4.31 Å². The van der Waals surface area contributed by atoms with Gasteiger partial charge in [-0.05, 0) is 30.7 Å². The van der Waals surface area contributed by atoms with Crippen molar-refractivity contribution in [2.45, 2.75) is 23.3 Å². The number of benzene rings is 2. The molecule has 0 radical (unpaired) electrons. The molecule has 2 aromatic rings. The van der Waals surface area contributed by atoms with Gasteiger partial charge in [-0.2, -0.15) is 0 Å². The van der Waals surface area contributed by atoms with Crippen LogP contribution in [0.15, 0.2) is 59.5 Å². The molecule has 2 fully saturated rings. The molecular weight excluding hydrogens is 392 g/mol. The lowest BCUT2D eigenvalue weighted by molar-refractivity contribution is -0.154. The predicted octanol–water partition coefficient (Wildman–Crippen LogP) is 1.75. The van der Waals surface area contributed by atoms with Gasteiger partial charge in [0.25, 0.3) is 10.0 Å². The molecule has 0 N–H and O–H groups in total. The molecule has 1 amide bonds. The molecule has 2 aliphatic heterocycles. The van der Waals surface area contributed by atoms with Crippen LogP contribution in [0.2, 0.25) is 0 Å². The Kier molecular flexibility index (Phi) is 3.51. The summed E-state index contributed by atoms with van der Waals surface area (Å²) in [6, 6.07) is 15.2. The minimum atomic E-state index is -4.01. The molecule has 7 nitrogen and oxygen atoms in total. The van der Waals surface area contributed by atoms with Gasteiger partial charge in [-0.25, -0.2) is 8.42 Å². The van der Waals surface area contributed by atoms with E-state index < -0.39 is 32.9 Å². The number of nitrogens with zero attached hydrogens (tertiary/aromatic N) is 2. The van der Waals surface area contributed by atoms with E-state index in [4.69, 9.17) is 4.74 Å². The number of amides is 1. The highest BCUT2D eigenvalue weighted by atomic mass is 32.2. The lowest BCUT2D eigenvalue weighted by atomic mass is 9.95. The van der Waals surface area contributed by atoms with Crippen LogP contribution in [0.25, 0.3) is 0 Å². The average molecular weight is 412 g/mol. The minimum absolute atomic E-state index is 0.123. The third kappa shape index (κ3) is 1.81. The van der Waals surface area contributed by atoms with Crippen LogP contribution in [0.4, 0.5) is 5.69 Å². The van der Waals surface area contributed by atoms with Crippen LogP contribution in [0.1, 0.15) is 18.4 Å². The molecule has 3 aliphatic rings. The fraction of sp³-hybridized carbons (Fsp3) is 0.333. The highest BCUT2D eigenvalue weighted by Crippen LogP contribution is 2.80. The number of likely N-dealkylation sites (N-methyl/N-ethyl adjacent to an activating group) is 1. The Morgan fingerprint density at radius 1 is 1.14 bits per heavy atom. The number of fused-ring (bicyclic) bond motifs is 3. The smallest absolute Gasteiger partial charge is 0.324 e. The zero-order chi connectivity index (χ0) is 20.6. The van der Waals surface area contributed by atoms with E-state index in [1.54, 1.807) is 47.4 Å². The van der Waals surface area contributed by atoms with Crippen LogP contribution in [-0.2, 0) is 24.3 Å². The minimum Gasteiger partial charge on any atom is -0.468 e. The van der Waals surface area contributed by atoms with Gasteiger partial charge in [0.15, 0.2) is 5.41 Å². The van der Waals surface area contributed by atoms with Gasteiger partial charge in [-0.1, -0.05) is 36.4 Å². The summed E-state index contributed by atoms with van der Waals surface area (Å²) < 4.78 is 33.9. The molecule has 0 aromatic heterocycles. The summed E-state index contributed by atoms with van der Waals surface area (Å²) in [5.41, 5.74) is -1.52. The van der Waals surface area contributed by atoms with Crippen LogP contribution in [0.3, 0.4) is 0 Å². The molecule has 2 heterocycles. The third-order valence-corrected chi connectivity index (χ3v) is 8.44. The van der Waals surface area contributed by atoms with E-state index in [9.17, 15) is 18.0 Å². The Bertz CT molecular complexity index is 1150. The van der Waals surface area contributed by atoms with Crippen LogP contribution in [0.5, 0.6) is 0 Å². The molecule has 1 saturated carbocycles. The first kappa shape index (κ1) is 18.2. The number of rotatable bonds is 4. The Balaban J connectivity index is 1.80. The molecule has 3 atom stereocenters. The van der Waals surface area contributed by atoms with Gasteiger partial charge in [0.1, 0.15) is 5.54 Å². The van der Waals surface area contributed by atoms with Crippen molar-refractivity contribution in [1.82, 2.24) is 4.90 Å². The summed E-state index contributed by atoms with van der Waals surface area (Å²) in [6.45, 7) is 2.36. The Morgan fingerprint density at radius 3 is 2.45 bits per heavy atom. The highest BCUT2D eigenvalue weighted by Gasteiger charge is 2.95. The number of anilines is 1. The zero-order valence-corrected chi connectivity index (χ0v) is 16.8. The number of likely N-dealkylation sites (tertiary alicyclic amines) is 1.